The number of carboxylic acids is 2. The Morgan fingerprint density at radius 3 is 1.92 bits per heavy atom. The van der Waals surface area contributed by atoms with Crippen LogP contribution in [-0.4, -0.2) is 64.7 Å². The quantitative estimate of drug-likeness (QED) is 0.523. The van der Waals surface area contributed by atoms with E-state index >= 15 is 0 Å². The Bertz CT molecular complexity index is 965. The van der Waals surface area contributed by atoms with E-state index in [2.05, 4.69) is 0 Å². The Morgan fingerprint density at radius 2 is 1.50 bits per heavy atom. The number of rotatable bonds is 5. The molecule has 0 bridgehead atoms. The Hall–Kier alpha value is -1.91. The van der Waals surface area contributed by atoms with E-state index < -0.39 is 22.1 Å². The minimum absolute atomic E-state index is 0. The van der Waals surface area contributed by atoms with Crippen LogP contribution < -0.4 is 4.74 Å². The normalized spacial score (nSPS) is 10.7. The first kappa shape index (κ1) is 22.1. The summed E-state index contributed by atoms with van der Waals surface area (Å²) < 4.78 is 36.5. The first-order valence-corrected chi connectivity index (χ1v) is 8.32. The van der Waals surface area contributed by atoms with Crippen LogP contribution in [0.5, 0.6) is 11.5 Å². The van der Waals surface area contributed by atoms with Gasteiger partial charge in [-0.25, -0.2) is 9.59 Å². The van der Waals surface area contributed by atoms with Crippen molar-refractivity contribution in [3.63, 3.8) is 0 Å². The van der Waals surface area contributed by atoms with E-state index in [4.69, 9.17) is 9.29 Å². The molecule has 2 aromatic carbocycles. The third kappa shape index (κ3) is 4.63. The summed E-state index contributed by atoms with van der Waals surface area (Å²) in [5.41, 5.74) is -0.0579. The summed E-state index contributed by atoms with van der Waals surface area (Å²) in [6.07, 6.45) is 0. The zero-order chi connectivity index (χ0) is 18.9. The molecule has 133 valence electrons. The van der Waals surface area contributed by atoms with E-state index in [-0.39, 0.29) is 68.2 Å². The predicted molar refractivity (Wildman–Crippen MR) is 91.9 cm³/mol. The van der Waals surface area contributed by atoms with Gasteiger partial charge in [-0.3, -0.25) is 4.55 Å². The summed E-state index contributed by atoms with van der Waals surface area (Å²) in [4.78, 5) is 22.4. The number of aromatic carboxylic acids is 2. The van der Waals surface area contributed by atoms with Gasteiger partial charge in [-0.2, -0.15) is 8.42 Å². The second kappa shape index (κ2) is 8.19. The van der Waals surface area contributed by atoms with E-state index in [9.17, 15) is 28.2 Å². The molecule has 0 aliphatic carbocycles. The Balaban J connectivity index is 0.00000338. The maximum absolute atomic E-state index is 11.4. The van der Waals surface area contributed by atoms with Crippen molar-refractivity contribution in [2.24, 2.45) is 0 Å². The van der Waals surface area contributed by atoms with Crippen LogP contribution in [0.4, 0.5) is 0 Å². The molecule has 0 atom stereocenters. The molecule has 0 saturated heterocycles. The molecule has 1 radical (unpaired) electrons. The van der Waals surface area contributed by atoms with Crippen LogP contribution in [0.1, 0.15) is 31.8 Å². The van der Waals surface area contributed by atoms with Crippen molar-refractivity contribution in [3.05, 3.63) is 52.6 Å². The standard InChI is InChI=1S/C16H14O8S.Na/c1-8-12(15(17)18)7-13(9(2)14(8)16(19)20)24-10-3-5-11(6-4-10)25(21,22)23;/h3-7H,1-2H3,(H,17,18)(H,19,20)(H,21,22,23);. The SMILES string of the molecule is Cc1c(Oc2ccc(S(=O)(=O)O)cc2)cc(C(=O)O)c(C)c1C(=O)O.[Na]. The molecule has 10 heteroatoms. The molecule has 2 aromatic rings. The summed E-state index contributed by atoms with van der Waals surface area (Å²) in [6, 6.07) is 5.91. The molecule has 0 fully saturated rings. The van der Waals surface area contributed by atoms with E-state index in [1.807, 2.05) is 0 Å². The van der Waals surface area contributed by atoms with Gasteiger partial charge >= 0.3 is 11.9 Å². The van der Waals surface area contributed by atoms with Crippen LogP contribution >= 0.6 is 0 Å². The Morgan fingerprint density at radius 1 is 0.962 bits per heavy atom. The molecule has 2 rings (SSSR count). The molecule has 0 aromatic heterocycles. The molecule has 0 saturated carbocycles. The van der Waals surface area contributed by atoms with Gasteiger partial charge in [-0.05, 0) is 49.7 Å². The number of carboxylic acid groups (broad SMARTS) is 2. The number of hydrogen-bond acceptors (Lipinski definition) is 5. The summed E-state index contributed by atoms with van der Waals surface area (Å²) in [6.45, 7) is 2.87. The maximum atomic E-state index is 11.4. The fourth-order valence-electron chi connectivity index (χ4n) is 2.34. The van der Waals surface area contributed by atoms with Crippen molar-refractivity contribution in [2.45, 2.75) is 18.7 Å². The minimum atomic E-state index is -4.35. The van der Waals surface area contributed by atoms with Gasteiger partial charge < -0.3 is 14.9 Å². The zero-order valence-corrected chi connectivity index (χ0v) is 17.0. The van der Waals surface area contributed by atoms with Crippen LogP contribution in [0, 0.1) is 13.8 Å². The molecule has 0 amide bonds. The molecule has 8 nitrogen and oxygen atoms in total. The van der Waals surface area contributed by atoms with E-state index in [1.54, 1.807) is 0 Å². The average molecular weight is 389 g/mol. The van der Waals surface area contributed by atoms with Crippen LogP contribution in [0.15, 0.2) is 35.2 Å². The zero-order valence-electron chi connectivity index (χ0n) is 14.2. The van der Waals surface area contributed by atoms with Crippen LogP contribution in [0.3, 0.4) is 0 Å². The first-order chi connectivity index (χ1) is 11.5. The number of carbonyl (C=O) groups is 2. The molecule has 0 unspecified atom stereocenters. The van der Waals surface area contributed by atoms with Crippen molar-refractivity contribution < 1.29 is 37.5 Å². The molecule has 0 heterocycles. The van der Waals surface area contributed by atoms with Crippen LogP contribution in [0.25, 0.3) is 0 Å². The van der Waals surface area contributed by atoms with Gasteiger partial charge in [0.05, 0.1) is 16.0 Å². The van der Waals surface area contributed by atoms with Crippen LogP contribution in [-0.2, 0) is 10.1 Å². The molecular formula is C16H14NaO8S. The smallest absolute Gasteiger partial charge is 0.336 e. The molecule has 0 aliphatic heterocycles. The fraction of sp³-hybridized carbons (Fsp3) is 0.125. The first-order valence-electron chi connectivity index (χ1n) is 6.88. The fourth-order valence-corrected chi connectivity index (χ4v) is 2.82. The summed E-state index contributed by atoms with van der Waals surface area (Å²) in [5.74, 6) is -2.43. The molecule has 3 N–H and O–H groups in total. The summed E-state index contributed by atoms with van der Waals surface area (Å²) in [5, 5.41) is 18.6. The van der Waals surface area contributed by atoms with Gasteiger partial charge in [-0.15, -0.1) is 0 Å². The van der Waals surface area contributed by atoms with Crippen molar-refractivity contribution in [2.75, 3.05) is 0 Å². The molecular weight excluding hydrogens is 375 g/mol. The second-order valence-electron chi connectivity index (χ2n) is 5.21. The van der Waals surface area contributed by atoms with Crippen molar-refractivity contribution in [1.82, 2.24) is 0 Å². The number of benzene rings is 2. The van der Waals surface area contributed by atoms with E-state index in [1.165, 1.54) is 32.0 Å². The largest absolute Gasteiger partial charge is 0.478 e. The van der Waals surface area contributed by atoms with E-state index in [0.717, 1.165) is 12.1 Å². The third-order valence-corrected chi connectivity index (χ3v) is 4.46. The van der Waals surface area contributed by atoms with Crippen LogP contribution in [0.2, 0.25) is 0 Å². The molecule has 26 heavy (non-hydrogen) atoms. The number of ether oxygens (including phenoxy) is 1. The second-order valence-corrected chi connectivity index (χ2v) is 6.63. The maximum Gasteiger partial charge on any atom is 0.336 e. The summed E-state index contributed by atoms with van der Waals surface area (Å²) >= 11 is 0. The van der Waals surface area contributed by atoms with E-state index in [0.29, 0.717) is 0 Å². The van der Waals surface area contributed by atoms with Crippen molar-refractivity contribution in [1.29, 1.82) is 0 Å². The predicted octanol–water partition coefficient (Wildman–Crippen LogP) is 2.36. The van der Waals surface area contributed by atoms with Crippen molar-refractivity contribution in [3.8, 4) is 11.5 Å². The van der Waals surface area contributed by atoms with Gasteiger partial charge in [0.2, 0.25) is 0 Å². The average Bonchev–Trinajstić information content (AvgIpc) is 2.49. The minimum Gasteiger partial charge on any atom is -0.478 e. The van der Waals surface area contributed by atoms with Gasteiger partial charge in [0.1, 0.15) is 11.5 Å². The Labute approximate surface area is 171 Å². The number of hydrogen-bond donors (Lipinski definition) is 3. The Kier molecular flexibility index (Phi) is 6.97. The topological polar surface area (TPSA) is 138 Å². The van der Waals surface area contributed by atoms with Gasteiger partial charge in [0.15, 0.2) is 0 Å². The van der Waals surface area contributed by atoms with Crippen molar-refractivity contribution >= 4 is 51.6 Å². The monoisotopic (exact) mass is 389 g/mol. The van der Waals surface area contributed by atoms with Gasteiger partial charge in [-0.1, -0.05) is 0 Å². The third-order valence-electron chi connectivity index (χ3n) is 3.59. The van der Waals surface area contributed by atoms with Gasteiger partial charge in [0, 0.05) is 35.1 Å². The molecule has 0 spiro atoms. The van der Waals surface area contributed by atoms with Gasteiger partial charge in [0.25, 0.3) is 10.1 Å². The summed E-state index contributed by atoms with van der Waals surface area (Å²) in [7, 11) is -4.35. The molecule has 0 aliphatic rings.